The molecule has 3 aromatic carbocycles. The summed E-state index contributed by atoms with van der Waals surface area (Å²) in [6.07, 6.45) is 0. The number of nitrogens with zero attached hydrogens (tertiary/aromatic N) is 3. The number of nitrogens with one attached hydrogen (secondary N) is 1. The Morgan fingerprint density at radius 2 is 1.66 bits per heavy atom. The molecule has 0 bridgehead atoms. The molecule has 0 fully saturated rings. The first-order valence-corrected chi connectivity index (χ1v) is 14.7. The van der Waals surface area contributed by atoms with Gasteiger partial charge in [-0.1, -0.05) is 55.0 Å². The van der Waals surface area contributed by atoms with E-state index >= 15 is 0 Å². The van der Waals surface area contributed by atoms with Crippen molar-refractivity contribution in [1.82, 2.24) is 9.88 Å². The Bertz CT molecular complexity index is 1490. The molecule has 202 valence electrons. The minimum absolute atomic E-state index is 0. The molecule has 0 saturated carbocycles. The van der Waals surface area contributed by atoms with Gasteiger partial charge in [-0.3, -0.25) is 14.4 Å². The number of benzene rings is 3. The third-order valence-corrected chi connectivity index (χ3v) is 8.73. The standard InChI is InChI=1S/C27H29ClN4O3S2.ClH/c1-4-31(5-2)15-16-32(27-29-25-19(3)17-21(28)18-24(25)36-27)26(33)20-11-13-22(14-12-20)30-37(34,35)23-9-7-6-8-10-23;/h6-14,17-18,30H,4-5,15-16H2,1-3H3;1H. The maximum Gasteiger partial charge on any atom is 0.261 e. The van der Waals surface area contributed by atoms with E-state index in [-0.39, 0.29) is 23.2 Å². The van der Waals surface area contributed by atoms with Gasteiger partial charge in [0, 0.05) is 29.4 Å². The molecule has 0 aliphatic rings. The van der Waals surface area contributed by atoms with Crippen molar-refractivity contribution >= 4 is 72.3 Å². The summed E-state index contributed by atoms with van der Waals surface area (Å²) in [6, 6.07) is 18.3. The first kappa shape index (κ1) is 29.9. The van der Waals surface area contributed by atoms with Gasteiger partial charge in [0.05, 0.1) is 15.1 Å². The molecule has 4 rings (SSSR count). The van der Waals surface area contributed by atoms with E-state index in [4.69, 9.17) is 16.6 Å². The Morgan fingerprint density at radius 3 is 2.29 bits per heavy atom. The molecule has 1 N–H and O–H groups in total. The van der Waals surface area contributed by atoms with Crippen LogP contribution < -0.4 is 9.62 Å². The predicted molar refractivity (Wildman–Crippen MR) is 160 cm³/mol. The van der Waals surface area contributed by atoms with Crippen molar-refractivity contribution < 1.29 is 13.2 Å². The van der Waals surface area contributed by atoms with Crippen LogP contribution in [0.2, 0.25) is 5.02 Å². The second-order valence-corrected chi connectivity index (χ2v) is 11.7. The van der Waals surface area contributed by atoms with E-state index < -0.39 is 10.0 Å². The van der Waals surface area contributed by atoms with Crippen LogP contribution in [0, 0.1) is 6.92 Å². The maximum absolute atomic E-state index is 13.7. The minimum Gasteiger partial charge on any atom is -0.302 e. The smallest absolute Gasteiger partial charge is 0.261 e. The summed E-state index contributed by atoms with van der Waals surface area (Å²) in [7, 11) is -3.72. The quantitative estimate of drug-likeness (QED) is 0.228. The molecule has 4 aromatic rings. The molecule has 0 saturated heterocycles. The monoisotopic (exact) mass is 592 g/mol. The minimum atomic E-state index is -3.72. The summed E-state index contributed by atoms with van der Waals surface area (Å²) < 4.78 is 28.8. The van der Waals surface area contributed by atoms with Crippen LogP contribution in [0.5, 0.6) is 0 Å². The molecule has 0 radical (unpaired) electrons. The van der Waals surface area contributed by atoms with Gasteiger partial charge in [-0.05, 0) is 74.1 Å². The molecule has 38 heavy (non-hydrogen) atoms. The van der Waals surface area contributed by atoms with E-state index in [0.29, 0.717) is 34.5 Å². The van der Waals surface area contributed by atoms with Gasteiger partial charge < -0.3 is 4.90 Å². The van der Waals surface area contributed by atoms with Gasteiger partial charge >= 0.3 is 0 Å². The van der Waals surface area contributed by atoms with Crippen molar-refractivity contribution in [3.63, 3.8) is 0 Å². The number of anilines is 2. The maximum atomic E-state index is 13.7. The second kappa shape index (κ2) is 12.9. The van der Waals surface area contributed by atoms with Crippen LogP contribution in [-0.2, 0) is 10.0 Å². The average molecular weight is 594 g/mol. The summed E-state index contributed by atoms with van der Waals surface area (Å²) in [5.41, 5.74) is 2.60. The number of hydrogen-bond donors (Lipinski definition) is 1. The number of sulfonamides is 1. The van der Waals surface area contributed by atoms with Crippen LogP contribution in [0.4, 0.5) is 10.8 Å². The van der Waals surface area contributed by atoms with Gasteiger partial charge in [-0.2, -0.15) is 0 Å². The number of carbonyl (C=O) groups is 1. The molecule has 1 amide bonds. The molecular weight excluding hydrogens is 563 g/mol. The second-order valence-electron chi connectivity index (χ2n) is 8.55. The number of fused-ring (bicyclic) bond motifs is 1. The first-order chi connectivity index (χ1) is 17.7. The highest BCUT2D eigenvalue weighted by Gasteiger charge is 2.23. The molecule has 1 heterocycles. The number of amides is 1. The zero-order chi connectivity index (χ0) is 26.6. The molecular formula is C27H30Cl2N4O3S2. The largest absolute Gasteiger partial charge is 0.302 e. The van der Waals surface area contributed by atoms with Gasteiger partial charge in [0.2, 0.25) is 0 Å². The van der Waals surface area contributed by atoms with Crippen LogP contribution in [-0.4, -0.2) is 50.4 Å². The zero-order valence-electron chi connectivity index (χ0n) is 21.3. The fraction of sp³-hybridized carbons (Fsp3) is 0.259. The lowest BCUT2D eigenvalue weighted by Crippen LogP contribution is -2.38. The fourth-order valence-corrected chi connectivity index (χ4v) is 6.50. The third-order valence-electron chi connectivity index (χ3n) is 6.09. The summed E-state index contributed by atoms with van der Waals surface area (Å²) >= 11 is 7.69. The number of carbonyl (C=O) groups excluding carboxylic acids is 1. The first-order valence-electron chi connectivity index (χ1n) is 12.0. The Morgan fingerprint density at radius 1 is 1.00 bits per heavy atom. The lowest BCUT2D eigenvalue weighted by Gasteiger charge is -2.24. The van der Waals surface area contributed by atoms with Gasteiger partial charge in [-0.25, -0.2) is 13.4 Å². The molecule has 0 atom stereocenters. The van der Waals surface area contributed by atoms with Crippen molar-refractivity contribution in [3.8, 4) is 0 Å². The van der Waals surface area contributed by atoms with Crippen molar-refractivity contribution in [2.75, 3.05) is 35.8 Å². The van der Waals surface area contributed by atoms with Crippen molar-refractivity contribution in [2.24, 2.45) is 0 Å². The van der Waals surface area contributed by atoms with E-state index in [9.17, 15) is 13.2 Å². The van der Waals surface area contributed by atoms with Crippen LogP contribution >= 0.6 is 35.3 Å². The van der Waals surface area contributed by atoms with E-state index in [1.807, 2.05) is 19.1 Å². The molecule has 0 aliphatic carbocycles. The van der Waals surface area contributed by atoms with E-state index in [1.165, 1.54) is 23.5 Å². The van der Waals surface area contributed by atoms with Crippen molar-refractivity contribution in [2.45, 2.75) is 25.7 Å². The number of hydrogen-bond acceptors (Lipinski definition) is 6. The number of aryl methyl sites for hydroxylation is 1. The Hall–Kier alpha value is -2.69. The highest BCUT2D eigenvalue weighted by Crippen LogP contribution is 2.33. The van der Waals surface area contributed by atoms with Gasteiger partial charge in [0.15, 0.2) is 5.13 Å². The Kier molecular flexibility index (Phi) is 10.1. The van der Waals surface area contributed by atoms with Crippen LogP contribution in [0.3, 0.4) is 0 Å². The normalized spacial score (nSPS) is 11.4. The summed E-state index contributed by atoms with van der Waals surface area (Å²) in [4.78, 5) is 22.6. The highest BCUT2D eigenvalue weighted by atomic mass is 35.5. The fourth-order valence-electron chi connectivity index (χ4n) is 3.97. The zero-order valence-corrected chi connectivity index (χ0v) is 24.6. The van der Waals surface area contributed by atoms with Gasteiger partial charge in [0.1, 0.15) is 0 Å². The number of rotatable bonds is 10. The van der Waals surface area contributed by atoms with Crippen LogP contribution in [0.25, 0.3) is 10.2 Å². The lowest BCUT2D eigenvalue weighted by atomic mass is 10.2. The lowest BCUT2D eigenvalue weighted by molar-refractivity contribution is 0.0984. The van der Waals surface area contributed by atoms with Gasteiger partial charge in [-0.15, -0.1) is 12.4 Å². The molecule has 1 aromatic heterocycles. The number of thiazole rings is 1. The summed E-state index contributed by atoms with van der Waals surface area (Å²) in [5, 5.41) is 1.24. The summed E-state index contributed by atoms with van der Waals surface area (Å²) in [5.74, 6) is -0.201. The molecule has 0 aliphatic heterocycles. The molecule has 7 nitrogen and oxygen atoms in total. The average Bonchev–Trinajstić information content (AvgIpc) is 3.31. The number of likely N-dealkylation sites (N-methyl/N-ethyl adjacent to an activating group) is 1. The van der Waals surface area contributed by atoms with E-state index in [0.717, 1.165) is 28.9 Å². The van der Waals surface area contributed by atoms with Crippen molar-refractivity contribution in [1.29, 1.82) is 0 Å². The van der Waals surface area contributed by atoms with Gasteiger partial charge in [0.25, 0.3) is 15.9 Å². The highest BCUT2D eigenvalue weighted by molar-refractivity contribution is 7.92. The van der Waals surface area contributed by atoms with Crippen LogP contribution in [0.15, 0.2) is 71.6 Å². The van der Waals surface area contributed by atoms with Crippen LogP contribution in [0.1, 0.15) is 29.8 Å². The Balaban J connectivity index is 0.00000400. The Labute approximate surface area is 238 Å². The predicted octanol–water partition coefficient (Wildman–Crippen LogP) is 6.47. The number of halogens is 2. The molecule has 11 heteroatoms. The van der Waals surface area contributed by atoms with Crippen molar-refractivity contribution in [3.05, 3.63) is 82.9 Å². The van der Waals surface area contributed by atoms with E-state index in [1.54, 1.807) is 47.4 Å². The molecule has 0 spiro atoms. The van der Waals surface area contributed by atoms with E-state index in [2.05, 4.69) is 23.5 Å². The SMILES string of the molecule is CCN(CC)CCN(C(=O)c1ccc(NS(=O)(=O)c2ccccc2)cc1)c1nc2c(C)cc(Cl)cc2s1.Cl. The topological polar surface area (TPSA) is 82.6 Å². The molecule has 0 unspecified atom stereocenters. The third kappa shape index (κ3) is 6.84. The number of aromatic nitrogens is 1. The summed E-state index contributed by atoms with van der Waals surface area (Å²) in [6.45, 7) is 9.06.